The molecule has 190 valence electrons. The van der Waals surface area contributed by atoms with Crippen molar-refractivity contribution in [2.24, 2.45) is 0 Å². The van der Waals surface area contributed by atoms with Crippen LogP contribution in [-0.2, 0) is 0 Å². The number of hydrogen-bond donors (Lipinski definition) is 3. The molecule has 0 radical (unpaired) electrons. The molecule has 8 heteroatoms. The fourth-order valence-electron chi connectivity index (χ4n) is 4.08. The molecule has 0 aliphatic carbocycles. The first-order valence-corrected chi connectivity index (χ1v) is 13.1. The zero-order chi connectivity index (χ0) is 26.5. The first-order valence-electron chi connectivity index (χ1n) is 12.1. The minimum Gasteiger partial charge on any atom is -0.383 e. The van der Waals surface area contributed by atoms with E-state index in [4.69, 9.17) is 0 Å². The van der Waals surface area contributed by atoms with Gasteiger partial charge in [-0.25, -0.2) is 14.4 Å². The molecule has 0 atom stereocenters. The highest BCUT2D eigenvalue weighted by molar-refractivity contribution is 7.08. The minimum absolute atomic E-state index is 0.227. The molecule has 0 aromatic carbocycles. The summed E-state index contributed by atoms with van der Waals surface area (Å²) in [6, 6.07) is 4.21. The average molecular weight is 515 g/mol. The summed E-state index contributed by atoms with van der Waals surface area (Å²) in [6.07, 6.45) is 11.2. The van der Waals surface area contributed by atoms with Crippen LogP contribution in [0.25, 0.3) is 45.7 Å². The fraction of sp³-hybridized carbons (Fsp3) is 0.207. The van der Waals surface area contributed by atoms with Crippen LogP contribution in [0.5, 0.6) is 0 Å². The molecule has 37 heavy (non-hydrogen) atoms. The van der Waals surface area contributed by atoms with Crippen molar-refractivity contribution in [2.75, 3.05) is 0 Å². The molecule has 0 saturated carbocycles. The SMILES string of the molecule is C=C(C(/C=C(\C=C\C)NC(C)C)=C/C)/C(F)=c1/c(-c2nc3nccc(-c4ccsc4)c3[nH]2)n[nH]/c1=C/C. The second kappa shape index (κ2) is 11.3. The molecule has 0 aliphatic heterocycles. The van der Waals surface area contributed by atoms with Crippen molar-refractivity contribution >= 4 is 34.4 Å². The normalized spacial score (nSPS) is 14.3. The third kappa shape index (κ3) is 5.39. The largest absolute Gasteiger partial charge is 0.383 e. The number of pyridine rings is 1. The van der Waals surface area contributed by atoms with Crippen LogP contribution in [0.1, 0.15) is 34.6 Å². The molecular formula is C29H31FN6S. The topological polar surface area (TPSA) is 82.3 Å². The average Bonchev–Trinajstić information content (AvgIpc) is 3.64. The minimum atomic E-state index is -0.475. The van der Waals surface area contributed by atoms with Crippen molar-refractivity contribution in [3.63, 3.8) is 0 Å². The summed E-state index contributed by atoms with van der Waals surface area (Å²) in [6.45, 7) is 13.9. The first-order chi connectivity index (χ1) is 17.9. The summed E-state index contributed by atoms with van der Waals surface area (Å²) in [4.78, 5) is 12.4. The summed E-state index contributed by atoms with van der Waals surface area (Å²) in [5.41, 5.74) is 5.54. The van der Waals surface area contributed by atoms with Crippen molar-refractivity contribution in [3.8, 4) is 22.6 Å². The highest BCUT2D eigenvalue weighted by atomic mass is 32.1. The monoisotopic (exact) mass is 514 g/mol. The smallest absolute Gasteiger partial charge is 0.178 e. The van der Waals surface area contributed by atoms with E-state index in [1.54, 1.807) is 23.6 Å². The fourth-order valence-corrected chi connectivity index (χ4v) is 4.74. The summed E-state index contributed by atoms with van der Waals surface area (Å²) >= 11 is 1.62. The van der Waals surface area contributed by atoms with Crippen LogP contribution in [0, 0.1) is 0 Å². The number of rotatable bonds is 8. The molecule has 6 nitrogen and oxygen atoms in total. The first kappa shape index (κ1) is 26.0. The zero-order valence-electron chi connectivity index (χ0n) is 21.7. The predicted octanol–water partition coefficient (Wildman–Crippen LogP) is 5.92. The van der Waals surface area contributed by atoms with Crippen molar-refractivity contribution in [3.05, 3.63) is 87.4 Å². The second-order valence-electron chi connectivity index (χ2n) is 8.74. The van der Waals surface area contributed by atoms with Crippen molar-refractivity contribution < 1.29 is 4.39 Å². The van der Waals surface area contributed by atoms with E-state index >= 15 is 4.39 Å². The van der Waals surface area contributed by atoms with Gasteiger partial charge in [0.15, 0.2) is 11.5 Å². The van der Waals surface area contributed by atoms with Gasteiger partial charge in [-0.3, -0.25) is 5.10 Å². The number of aromatic nitrogens is 5. The maximum Gasteiger partial charge on any atom is 0.178 e. The molecule has 0 aliphatic rings. The van der Waals surface area contributed by atoms with Gasteiger partial charge in [-0.2, -0.15) is 16.4 Å². The summed E-state index contributed by atoms with van der Waals surface area (Å²) < 4.78 is 16.2. The molecule has 0 fully saturated rings. The van der Waals surface area contributed by atoms with Gasteiger partial charge in [0.05, 0.1) is 16.1 Å². The Morgan fingerprint density at radius 1 is 1.22 bits per heavy atom. The van der Waals surface area contributed by atoms with E-state index in [1.807, 2.05) is 62.6 Å². The van der Waals surface area contributed by atoms with Crippen LogP contribution in [0.2, 0.25) is 0 Å². The highest BCUT2D eigenvalue weighted by Gasteiger charge is 2.18. The number of hydrogen-bond acceptors (Lipinski definition) is 5. The third-order valence-electron chi connectivity index (χ3n) is 5.79. The number of H-pyrrole nitrogens is 2. The van der Waals surface area contributed by atoms with Gasteiger partial charge in [-0.05, 0) is 80.8 Å². The van der Waals surface area contributed by atoms with E-state index < -0.39 is 5.83 Å². The maximum atomic E-state index is 16.2. The van der Waals surface area contributed by atoms with Crippen LogP contribution >= 0.6 is 11.3 Å². The van der Waals surface area contributed by atoms with Crippen LogP contribution < -0.4 is 15.9 Å². The predicted molar refractivity (Wildman–Crippen MR) is 153 cm³/mol. The van der Waals surface area contributed by atoms with Crippen molar-refractivity contribution in [1.29, 1.82) is 0 Å². The number of halogens is 1. The lowest BCUT2D eigenvalue weighted by Gasteiger charge is -2.13. The van der Waals surface area contributed by atoms with Gasteiger partial charge in [-0.1, -0.05) is 24.8 Å². The molecule has 0 bridgehead atoms. The molecule has 4 heterocycles. The van der Waals surface area contributed by atoms with Gasteiger partial charge in [0.25, 0.3) is 0 Å². The molecule has 0 spiro atoms. The molecular weight excluding hydrogens is 483 g/mol. The molecule has 0 saturated heterocycles. The summed E-state index contributed by atoms with van der Waals surface area (Å²) in [5.74, 6) is -0.0434. The number of aromatic amines is 2. The number of imidazole rings is 1. The van der Waals surface area contributed by atoms with Gasteiger partial charge in [0.1, 0.15) is 11.5 Å². The third-order valence-corrected chi connectivity index (χ3v) is 6.47. The lowest BCUT2D eigenvalue weighted by molar-refractivity contribution is 0.680. The van der Waals surface area contributed by atoms with Gasteiger partial charge < -0.3 is 10.3 Å². The zero-order valence-corrected chi connectivity index (χ0v) is 22.5. The van der Waals surface area contributed by atoms with E-state index in [2.05, 4.69) is 56.3 Å². The van der Waals surface area contributed by atoms with Crippen molar-refractivity contribution in [1.82, 2.24) is 30.5 Å². The Balaban J connectivity index is 1.86. The van der Waals surface area contributed by atoms with Crippen LogP contribution in [0.4, 0.5) is 4.39 Å². The number of allylic oxidation sites excluding steroid dienone is 6. The van der Waals surface area contributed by atoms with Crippen LogP contribution in [0.3, 0.4) is 0 Å². The number of thiophene rings is 1. The van der Waals surface area contributed by atoms with E-state index in [9.17, 15) is 0 Å². The van der Waals surface area contributed by atoms with E-state index in [1.165, 1.54) is 0 Å². The van der Waals surface area contributed by atoms with Crippen LogP contribution in [-0.4, -0.2) is 31.2 Å². The summed E-state index contributed by atoms with van der Waals surface area (Å²) in [5, 5.41) is 15.7. The van der Waals surface area contributed by atoms with E-state index in [0.717, 1.165) is 22.3 Å². The van der Waals surface area contributed by atoms with Gasteiger partial charge in [0.2, 0.25) is 0 Å². The Morgan fingerprint density at radius 2 is 2.03 bits per heavy atom. The van der Waals surface area contributed by atoms with E-state index in [-0.39, 0.29) is 11.6 Å². The maximum absolute atomic E-state index is 16.2. The number of fused-ring (bicyclic) bond motifs is 1. The lowest BCUT2D eigenvalue weighted by Crippen LogP contribution is -2.26. The lowest BCUT2D eigenvalue weighted by atomic mass is 10.0. The Kier molecular flexibility index (Phi) is 7.98. The van der Waals surface area contributed by atoms with Crippen molar-refractivity contribution in [2.45, 2.75) is 40.7 Å². The Morgan fingerprint density at radius 3 is 2.68 bits per heavy atom. The quantitative estimate of drug-likeness (QED) is 0.255. The van der Waals surface area contributed by atoms with Crippen LogP contribution in [0.15, 0.2) is 76.8 Å². The number of nitrogens with one attached hydrogen (secondary N) is 3. The molecule has 4 rings (SSSR count). The Hall–Kier alpha value is -4.04. The highest BCUT2D eigenvalue weighted by Crippen LogP contribution is 2.29. The second-order valence-corrected chi connectivity index (χ2v) is 9.52. The summed E-state index contributed by atoms with van der Waals surface area (Å²) in [7, 11) is 0. The molecule has 4 aromatic rings. The Bertz CT molecular complexity index is 1630. The van der Waals surface area contributed by atoms with E-state index in [0.29, 0.717) is 33.3 Å². The molecule has 0 amide bonds. The van der Waals surface area contributed by atoms with Gasteiger partial charge in [-0.15, -0.1) is 0 Å². The molecule has 4 aromatic heterocycles. The number of nitrogens with zero attached hydrogens (tertiary/aromatic N) is 3. The Labute approximate surface area is 219 Å². The molecule has 0 unspecified atom stereocenters. The molecule has 3 N–H and O–H groups in total. The standard InChI is InChI=1S/C29H31FN6S/c1-7-10-21(32-17(4)5)15-19(8-2)18(6)25(30)24-23(9-3)35-36-27(24)29-33-26-22(20-12-14-37-16-20)11-13-31-28(26)34-29/h7-17,32,35H,6H2,1-5H3,(H,31,33,34)/b10-7+,19-8+,21-15+,23-9+,25-24-. The van der Waals surface area contributed by atoms with Gasteiger partial charge in [0, 0.05) is 29.1 Å². The van der Waals surface area contributed by atoms with Gasteiger partial charge >= 0.3 is 0 Å².